The van der Waals surface area contributed by atoms with Crippen molar-refractivity contribution >= 4 is 23.5 Å². The molecule has 2 aromatic carbocycles. The number of hydrogen-bond acceptors (Lipinski definition) is 4. The van der Waals surface area contributed by atoms with E-state index >= 15 is 0 Å². The van der Waals surface area contributed by atoms with Gasteiger partial charge in [0.25, 0.3) is 0 Å². The van der Waals surface area contributed by atoms with Crippen molar-refractivity contribution in [2.24, 2.45) is 0 Å². The van der Waals surface area contributed by atoms with Gasteiger partial charge >= 0.3 is 11.9 Å². The van der Waals surface area contributed by atoms with Gasteiger partial charge in [-0.15, -0.1) is 5.10 Å². The minimum absolute atomic E-state index is 0.116. The van der Waals surface area contributed by atoms with Crippen LogP contribution in [0.1, 0.15) is 20.8 Å². The average molecular weight is 344 g/mol. The normalized spacial score (nSPS) is 10.5. The van der Waals surface area contributed by atoms with E-state index in [1.807, 2.05) is 0 Å². The van der Waals surface area contributed by atoms with Gasteiger partial charge in [-0.1, -0.05) is 28.9 Å². The second kappa shape index (κ2) is 6.13. The highest BCUT2D eigenvalue weighted by Gasteiger charge is 2.21. The quantitative estimate of drug-likeness (QED) is 0.754. The SMILES string of the molecule is O=C(O)c1ccc(-n2nnc(C(=O)O)c2-c2ccc(Cl)cc2)cc1. The summed E-state index contributed by atoms with van der Waals surface area (Å²) in [7, 11) is 0. The minimum atomic E-state index is -1.21. The summed E-state index contributed by atoms with van der Waals surface area (Å²) in [5, 5.41) is 26.4. The Balaban J connectivity index is 2.16. The lowest BCUT2D eigenvalue weighted by Gasteiger charge is -2.08. The van der Waals surface area contributed by atoms with Crippen molar-refractivity contribution in [1.82, 2.24) is 15.0 Å². The van der Waals surface area contributed by atoms with Crippen LogP contribution < -0.4 is 0 Å². The van der Waals surface area contributed by atoms with Crippen LogP contribution in [0.4, 0.5) is 0 Å². The van der Waals surface area contributed by atoms with E-state index < -0.39 is 11.9 Å². The van der Waals surface area contributed by atoms with Crippen LogP contribution >= 0.6 is 11.6 Å². The lowest BCUT2D eigenvalue weighted by molar-refractivity contribution is 0.0683. The third-order valence-electron chi connectivity index (χ3n) is 3.35. The Hall–Kier alpha value is -3.19. The molecule has 0 saturated heterocycles. The van der Waals surface area contributed by atoms with Crippen molar-refractivity contribution in [3.8, 4) is 16.9 Å². The fourth-order valence-corrected chi connectivity index (χ4v) is 2.34. The van der Waals surface area contributed by atoms with Crippen molar-refractivity contribution in [2.75, 3.05) is 0 Å². The zero-order chi connectivity index (χ0) is 17.3. The van der Waals surface area contributed by atoms with Crippen LogP contribution in [-0.2, 0) is 0 Å². The molecule has 24 heavy (non-hydrogen) atoms. The van der Waals surface area contributed by atoms with Crippen LogP contribution in [0.5, 0.6) is 0 Å². The van der Waals surface area contributed by atoms with Crippen molar-refractivity contribution < 1.29 is 19.8 Å². The van der Waals surface area contributed by atoms with Crippen LogP contribution in [0.25, 0.3) is 16.9 Å². The third-order valence-corrected chi connectivity index (χ3v) is 3.60. The Morgan fingerprint density at radius 1 is 0.917 bits per heavy atom. The van der Waals surface area contributed by atoms with Crippen LogP contribution in [-0.4, -0.2) is 37.1 Å². The van der Waals surface area contributed by atoms with Crippen LogP contribution in [0, 0.1) is 0 Å². The molecule has 3 aromatic rings. The summed E-state index contributed by atoms with van der Waals surface area (Å²) in [5.41, 5.74) is 1.25. The predicted octanol–water partition coefficient (Wildman–Crippen LogP) is 2.98. The summed E-state index contributed by atoms with van der Waals surface area (Å²) < 4.78 is 1.35. The molecule has 3 rings (SSSR count). The number of rotatable bonds is 4. The van der Waals surface area contributed by atoms with E-state index in [1.165, 1.54) is 28.9 Å². The molecule has 0 bridgehead atoms. The maximum atomic E-state index is 11.4. The summed E-state index contributed by atoms with van der Waals surface area (Å²) >= 11 is 5.87. The smallest absolute Gasteiger partial charge is 0.358 e. The van der Waals surface area contributed by atoms with Gasteiger partial charge in [0, 0.05) is 10.6 Å². The Morgan fingerprint density at radius 2 is 1.54 bits per heavy atom. The van der Waals surface area contributed by atoms with Crippen molar-refractivity contribution in [2.45, 2.75) is 0 Å². The number of carbonyl (C=O) groups is 2. The molecule has 7 nitrogen and oxygen atoms in total. The van der Waals surface area contributed by atoms with E-state index in [2.05, 4.69) is 10.3 Å². The van der Waals surface area contributed by atoms with E-state index in [1.54, 1.807) is 24.3 Å². The van der Waals surface area contributed by atoms with Gasteiger partial charge in [0.15, 0.2) is 5.69 Å². The number of aromatic nitrogens is 3. The van der Waals surface area contributed by atoms with Gasteiger partial charge in [0.05, 0.1) is 11.3 Å². The lowest BCUT2D eigenvalue weighted by Crippen LogP contribution is -2.04. The maximum Gasteiger partial charge on any atom is 0.358 e. The van der Waals surface area contributed by atoms with Gasteiger partial charge in [0.1, 0.15) is 5.69 Å². The molecule has 120 valence electrons. The van der Waals surface area contributed by atoms with E-state index in [4.69, 9.17) is 16.7 Å². The molecular weight excluding hydrogens is 334 g/mol. The number of benzene rings is 2. The average Bonchev–Trinajstić information content (AvgIpc) is 3.01. The summed E-state index contributed by atoms with van der Waals surface area (Å²) in [6.45, 7) is 0. The Labute approximate surface area is 140 Å². The molecule has 0 fully saturated rings. The number of nitrogens with zero attached hydrogens (tertiary/aromatic N) is 3. The standard InChI is InChI=1S/C16H10ClN3O4/c17-11-5-1-9(2-6-11)14-13(16(23)24)18-19-20(14)12-7-3-10(4-8-12)15(21)22/h1-8H,(H,21,22)(H,23,24). The van der Waals surface area contributed by atoms with Gasteiger partial charge in [-0.05, 0) is 36.4 Å². The van der Waals surface area contributed by atoms with E-state index in [0.29, 0.717) is 16.3 Å². The summed E-state index contributed by atoms with van der Waals surface area (Å²) in [6.07, 6.45) is 0. The topological polar surface area (TPSA) is 105 Å². The molecule has 2 N–H and O–H groups in total. The van der Waals surface area contributed by atoms with Crippen LogP contribution in [0.2, 0.25) is 5.02 Å². The largest absolute Gasteiger partial charge is 0.478 e. The zero-order valence-corrected chi connectivity index (χ0v) is 12.8. The van der Waals surface area contributed by atoms with Gasteiger partial charge in [0.2, 0.25) is 0 Å². The molecule has 1 heterocycles. The van der Waals surface area contributed by atoms with Crippen LogP contribution in [0.3, 0.4) is 0 Å². The van der Waals surface area contributed by atoms with Crippen LogP contribution in [0.15, 0.2) is 48.5 Å². The number of halogens is 1. The first-order valence-electron chi connectivity index (χ1n) is 6.76. The molecule has 1 aromatic heterocycles. The highest BCUT2D eigenvalue weighted by atomic mass is 35.5. The second-order valence-electron chi connectivity index (χ2n) is 4.86. The predicted molar refractivity (Wildman–Crippen MR) is 85.7 cm³/mol. The first-order valence-corrected chi connectivity index (χ1v) is 7.14. The van der Waals surface area contributed by atoms with Gasteiger partial charge in [-0.2, -0.15) is 0 Å². The molecule has 0 aliphatic rings. The van der Waals surface area contributed by atoms with E-state index in [0.717, 1.165) is 0 Å². The minimum Gasteiger partial charge on any atom is -0.478 e. The van der Waals surface area contributed by atoms with E-state index in [-0.39, 0.29) is 17.0 Å². The van der Waals surface area contributed by atoms with Gasteiger partial charge < -0.3 is 10.2 Å². The van der Waals surface area contributed by atoms with Crippen molar-refractivity contribution in [1.29, 1.82) is 0 Å². The number of aromatic carboxylic acids is 2. The molecule has 0 atom stereocenters. The Bertz CT molecular complexity index is 918. The lowest BCUT2D eigenvalue weighted by atomic mass is 10.1. The zero-order valence-electron chi connectivity index (χ0n) is 12.0. The molecule has 0 radical (unpaired) electrons. The van der Waals surface area contributed by atoms with E-state index in [9.17, 15) is 14.7 Å². The molecule has 0 amide bonds. The number of hydrogen-bond donors (Lipinski definition) is 2. The van der Waals surface area contributed by atoms with Crippen molar-refractivity contribution in [3.05, 3.63) is 64.8 Å². The Morgan fingerprint density at radius 3 is 2.08 bits per heavy atom. The highest BCUT2D eigenvalue weighted by molar-refractivity contribution is 6.30. The van der Waals surface area contributed by atoms with Crippen molar-refractivity contribution in [3.63, 3.8) is 0 Å². The highest BCUT2D eigenvalue weighted by Crippen LogP contribution is 2.26. The van der Waals surface area contributed by atoms with Gasteiger partial charge in [-0.25, -0.2) is 14.3 Å². The fourth-order valence-electron chi connectivity index (χ4n) is 2.22. The molecule has 8 heteroatoms. The molecule has 0 aliphatic carbocycles. The summed E-state index contributed by atoms with van der Waals surface area (Å²) in [4.78, 5) is 22.4. The third kappa shape index (κ3) is 2.84. The molecule has 0 unspecified atom stereocenters. The number of carboxylic acid groups (broad SMARTS) is 2. The summed E-state index contributed by atoms with van der Waals surface area (Å²) in [5.74, 6) is -2.27. The molecule has 0 aliphatic heterocycles. The molecule has 0 saturated carbocycles. The maximum absolute atomic E-state index is 11.4. The first kappa shape index (κ1) is 15.7. The van der Waals surface area contributed by atoms with Gasteiger partial charge in [-0.3, -0.25) is 0 Å². The monoisotopic (exact) mass is 343 g/mol. The molecule has 0 spiro atoms. The Kier molecular flexibility index (Phi) is 4.01. The fraction of sp³-hybridized carbons (Fsp3) is 0. The number of carboxylic acids is 2. The molecular formula is C16H10ClN3O4. The first-order chi connectivity index (χ1) is 11.5. The second-order valence-corrected chi connectivity index (χ2v) is 5.30. The summed E-state index contributed by atoms with van der Waals surface area (Å²) in [6, 6.07) is 12.5.